The number of hydrogen-bond acceptors (Lipinski definition) is 2. The Kier molecular flexibility index (Phi) is 3.12. The van der Waals surface area contributed by atoms with Gasteiger partial charge in [0.25, 0.3) is 0 Å². The summed E-state index contributed by atoms with van der Waals surface area (Å²) >= 11 is 0. The summed E-state index contributed by atoms with van der Waals surface area (Å²) in [5.74, 6) is 0. The molecular weight excluding hydrogens is 187 g/mol. The molecule has 3 heteroatoms. The van der Waals surface area contributed by atoms with Crippen LogP contribution in [0, 0.1) is 6.92 Å². The molecule has 0 spiro atoms. The Morgan fingerprint density at radius 3 is 3.00 bits per heavy atom. The fourth-order valence-corrected chi connectivity index (χ4v) is 1.55. The number of ether oxygens (including phenoxy) is 2. The first-order valence-corrected chi connectivity index (χ1v) is 5.26. The summed E-state index contributed by atoms with van der Waals surface area (Å²) in [6.07, 6.45) is 0.340. The van der Waals surface area contributed by atoms with Crippen molar-refractivity contribution in [1.82, 2.24) is 0 Å². The van der Waals surface area contributed by atoms with Gasteiger partial charge in [0.2, 0.25) is 0 Å². The van der Waals surface area contributed by atoms with Gasteiger partial charge in [-0.15, -0.1) is 0 Å². The third-order valence-electron chi connectivity index (χ3n) is 2.61. The highest BCUT2D eigenvalue weighted by Gasteiger charge is 2.23. The van der Waals surface area contributed by atoms with Crippen molar-refractivity contribution < 1.29 is 9.47 Å². The topological polar surface area (TPSA) is 21.8 Å². The summed E-state index contributed by atoms with van der Waals surface area (Å²) in [6.45, 7) is 5.57. The summed E-state index contributed by atoms with van der Waals surface area (Å²) in [7, 11) is 5.90. The maximum atomic E-state index is 5.90. The SMILES string of the molecule is [B]c1ccc(C)cc1[C@@H](C)OC[C@H]1CO1. The number of aryl methyl sites for hydroxylation is 1. The fraction of sp³-hybridized carbons (Fsp3) is 0.500. The van der Waals surface area contributed by atoms with Crippen LogP contribution in [0.2, 0.25) is 0 Å². The van der Waals surface area contributed by atoms with E-state index in [1.54, 1.807) is 0 Å². The van der Waals surface area contributed by atoms with E-state index in [1.165, 1.54) is 5.56 Å². The van der Waals surface area contributed by atoms with Crippen LogP contribution in [0.4, 0.5) is 0 Å². The molecule has 0 bridgehead atoms. The van der Waals surface area contributed by atoms with Crippen molar-refractivity contribution in [1.29, 1.82) is 0 Å². The van der Waals surface area contributed by atoms with Gasteiger partial charge < -0.3 is 9.47 Å². The van der Waals surface area contributed by atoms with Crippen LogP contribution in [0.1, 0.15) is 24.2 Å². The Morgan fingerprint density at radius 1 is 1.60 bits per heavy atom. The van der Waals surface area contributed by atoms with Gasteiger partial charge in [-0.05, 0) is 19.4 Å². The van der Waals surface area contributed by atoms with Crippen LogP contribution in [-0.2, 0) is 9.47 Å². The van der Waals surface area contributed by atoms with E-state index in [-0.39, 0.29) is 6.10 Å². The summed E-state index contributed by atoms with van der Waals surface area (Å²) in [5.41, 5.74) is 3.07. The maximum Gasteiger partial charge on any atom is 0.114 e. The number of epoxide rings is 1. The molecule has 0 saturated carbocycles. The molecule has 1 heterocycles. The molecule has 1 fully saturated rings. The lowest BCUT2D eigenvalue weighted by Gasteiger charge is -2.16. The summed E-state index contributed by atoms with van der Waals surface area (Å²) in [6, 6.07) is 6.02. The molecule has 1 aliphatic rings. The molecule has 1 saturated heterocycles. The minimum atomic E-state index is 0.0362. The van der Waals surface area contributed by atoms with Crippen molar-refractivity contribution in [3.05, 3.63) is 29.3 Å². The van der Waals surface area contributed by atoms with Crippen molar-refractivity contribution in [3.8, 4) is 0 Å². The molecule has 1 aromatic rings. The Morgan fingerprint density at radius 2 is 2.33 bits per heavy atom. The minimum Gasteiger partial charge on any atom is -0.371 e. The summed E-state index contributed by atoms with van der Waals surface area (Å²) < 4.78 is 10.8. The van der Waals surface area contributed by atoms with Gasteiger partial charge in [-0.3, -0.25) is 0 Å². The van der Waals surface area contributed by atoms with Gasteiger partial charge in [0.05, 0.1) is 19.3 Å². The standard InChI is InChI=1S/C12H15BO2/c1-8-3-4-12(13)11(5-8)9(2)14-6-10-7-15-10/h3-5,9-10H,6-7H2,1-2H3/t9-,10+/m1/s1. The third-order valence-corrected chi connectivity index (χ3v) is 2.61. The van der Waals surface area contributed by atoms with Gasteiger partial charge >= 0.3 is 0 Å². The molecule has 0 aromatic heterocycles. The number of hydrogen-bond donors (Lipinski definition) is 0. The Balaban J connectivity index is 2.02. The van der Waals surface area contributed by atoms with Crippen LogP contribution < -0.4 is 5.46 Å². The van der Waals surface area contributed by atoms with E-state index in [0.717, 1.165) is 17.6 Å². The molecule has 2 nitrogen and oxygen atoms in total. The predicted molar refractivity (Wildman–Crippen MR) is 60.7 cm³/mol. The summed E-state index contributed by atoms with van der Waals surface area (Å²) in [5, 5.41) is 0. The number of benzene rings is 1. The highest BCUT2D eigenvalue weighted by molar-refractivity contribution is 6.33. The molecule has 1 aromatic carbocycles. The lowest BCUT2D eigenvalue weighted by Crippen LogP contribution is -2.16. The van der Waals surface area contributed by atoms with E-state index in [4.69, 9.17) is 17.3 Å². The Hall–Kier alpha value is -0.795. The smallest absolute Gasteiger partial charge is 0.114 e. The van der Waals surface area contributed by atoms with Crippen molar-refractivity contribution in [2.75, 3.05) is 13.2 Å². The second-order valence-corrected chi connectivity index (χ2v) is 4.06. The highest BCUT2D eigenvalue weighted by atomic mass is 16.6. The highest BCUT2D eigenvalue weighted by Crippen LogP contribution is 2.18. The molecule has 2 rings (SSSR count). The minimum absolute atomic E-state index is 0.0362. The third kappa shape index (κ3) is 2.83. The molecule has 78 valence electrons. The van der Waals surface area contributed by atoms with Crippen LogP contribution in [-0.4, -0.2) is 27.2 Å². The zero-order valence-electron chi connectivity index (χ0n) is 9.19. The van der Waals surface area contributed by atoms with Crippen LogP contribution in [0.3, 0.4) is 0 Å². The van der Waals surface area contributed by atoms with Gasteiger partial charge in [-0.2, -0.15) is 0 Å². The van der Waals surface area contributed by atoms with E-state index in [9.17, 15) is 0 Å². The van der Waals surface area contributed by atoms with Crippen molar-refractivity contribution in [3.63, 3.8) is 0 Å². The van der Waals surface area contributed by atoms with E-state index in [1.807, 2.05) is 19.1 Å². The van der Waals surface area contributed by atoms with Crippen LogP contribution in [0.15, 0.2) is 18.2 Å². The molecule has 15 heavy (non-hydrogen) atoms. The molecule has 2 atom stereocenters. The van der Waals surface area contributed by atoms with E-state index in [2.05, 4.69) is 13.0 Å². The Labute approximate surface area is 92.0 Å². The van der Waals surface area contributed by atoms with Crippen molar-refractivity contribution in [2.45, 2.75) is 26.1 Å². The fourth-order valence-electron chi connectivity index (χ4n) is 1.55. The predicted octanol–water partition coefficient (Wildman–Crippen LogP) is 1.27. The zero-order chi connectivity index (χ0) is 10.8. The first kappa shape index (κ1) is 10.7. The van der Waals surface area contributed by atoms with Gasteiger partial charge in [0.15, 0.2) is 0 Å². The zero-order valence-corrected chi connectivity index (χ0v) is 9.19. The van der Waals surface area contributed by atoms with Gasteiger partial charge in [-0.25, -0.2) is 0 Å². The summed E-state index contributed by atoms with van der Waals surface area (Å²) in [4.78, 5) is 0. The molecule has 0 aliphatic carbocycles. The van der Waals surface area contributed by atoms with Gasteiger partial charge in [-0.1, -0.05) is 29.2 Å². The first-order chi connectivity index (χ1) is 7.16. The molecule has 0 amide bonds. The van der Waals surface area contributed by atoms with Gasteiger partial charge in [0.1, 0.15) is 14.0 Å². The largest absolute Gasteiger partial charge is 0.371 e. The average Bonchev–Trinajstić information content (AvgIpc) is 3.02. The van der Waals surface area contributed by atoms with Gasteiger partial charge in [0, 0.05) is 0 Å². The molecule has 2 radical (unpaired) electrons. The molecular formula is C12H15BO2. The lowest BCUT2D eigenvalue weighted by molar-refractivity contribution is 0.0545. The maximum absolute atomic E-state index is 5.90. The first-order valence-electron chi connectivity index (χ1n) is 5.26. The van der Waals surface area contributed by atoms with Crippen molar-refractivity contribution in [2.24, 2.45) is 0 Å². The average molecular weight is 202 g/mol. The van der Waals surface area contributed by atoms with Crippen LogP contribution in [0.25, 0.3) is 0 Å². The van der Waals surface area contributed by atoms with Crippen molar-refractivity contribution >= 4 is 13.3 Å². The molecule has 0 unspecified atom stereocenters. The van der Waals surface area contributed by atoms with Crippen LogP contribution in [0.5, 0.6) is 0 Å². The number of rotatable bonds is 4. The Bertz CT molecular complexity index is 347. The van der Waals surface area contributed by atoms with E-state index < -0.39 is 0 Å². The van der Waals surface area contributed by atoms with E-state index in [0.29, 0.717) is 12.7 Å². The second kappa shape index (κ2) is 4.37. The molecule has 1 aliphatic heterocycles. The van der Waals surface area contributed by atoms with E-state index >= 15 is 0 Å². The quantitative estimate of drug-likeness (QED) is 0.541. The molecule has 0 N–H and O–H groups in total. The lowest BCUT2D eigenvalue weighted by atomic mass is 9.87. The second-order valence-electron chi connectivity index (χ2n) is 4.06. The van der Waals surface area contributed by atoms with Crippen LogP contribution >= 0.6 is 0 Å². The monoisotopic (exact) mass is 202 g/mol. The normalized spacial score (nSPS) is 21.3.